The summed E-state index contributed by atoms with van der Waals surface area (Å²) in [6, 6.07) is 0. The molecule has 2 aliphatic heterocycles. The summed E-state index contributed by atoms with van der Waals surface area (Å²) in [6.45, 7) is 13.9. The Bertz CT molecular complexity index is 424. The predicted molar refractivity (Wildman–Crippen MR) is 112 cm³/mol. The number of hydrogen-bond acceptors (Lipinski definition) is 5. The molecule has 0 aliphatic carbocycles. The summed E-state index contributed by atoms with van der Waals surface area (Å²) in [5.41, 5.74) is 0.637. The molecule has 2 heterocycles. The van der Waals surface area contributed by atoms with Crippen LogP contribution in [0, 0.1) is 11.8 Å². The largest absolute Gasteiger partial charge is 0.466 e. The number of carbonyl (C=O) groups is 1. The van der Waals surface area contributed by atoms with E-state index < -0.39 is 0 Å². The van der Waals surface area contributed by atoms with Gasteiger partial charge in [-0.05, 0) is 98.1 Å². The molecule has 2 fully saturated rings. The predicted octanol–water partition coefficient (Wildman–Crippen LogP) is 3.65. The number of ether oxygens (including phenoxy) is 1. The molecule has 2 unspecified atom stereocenters. The molecule has 2 saturated heterocycles. The molecule has 0 radical (unpaired) electrons. The lowest BCUT2D eigenvalue weighted by Gasteiger charge is -2.17. The zero-order chi connectivity index (χ0) is 20.3. The van der Waals surface area contributed by atoms with Gasteiger partial charge in [0.1, 0.15) is 0 Å². The van der Waals surface area contributed by atoms with Crippen molar-refractivity contribution in [2.24, 2.45) is 11.8 Å². The van der Waals surface area contributed by atoms with E-state index in [-0.39, 0.29) is 11.5 Å². The summed E-state index contributed by atoms with van der Waals surface area (Å²) in [6.07, 6.45) is 8.60. The Morgan fingerprint density at radius 2 is 1.48 bits per heavy atom. The fourth-order valence-electron chi connectivity index (χ4n) is 4.29. The van der Waals surface area contributed by atoms with Crippen molar-refractivity contribution in [2.45, 2.75) is 97.1 Å². The van der Waals surface area contributed by atoms with Crippen LogP contribution in [0.2, 0.25) is 0 Å². The molecule has 0 saturated carbocycles. The molecule has 5 nitrogen and oxygen atoms in total. The van der Waals surface area contributed by atoms with Crippen LogP contribution in [0.3, 0.4) is 0 Å². The summed E-state index contributed by atoms with van der Waals surface area (Å²) < 4.78 is 4.89. The first-order chi connectivity index (χ1) is 12.7. The van der Waals surface area contributed by atoms with E-state index in [2.05, 4.69) is 38.3 Å². The van der Waals surface area contributed by atoms with Gasteiger partial charge in [0.05, 0.1) is 6.61 Å². The molecule has 5 heteroatoms. The number of esters is 1. The lowest BCUT2D eigenvalue weighted by molar-refractivity contribution is -0.143. The molecular weight excluding hydrogens is 340 g/mol. The molecule has 2 rings (SSSR count). The molecule has 0 spiro atoms. The lowest BCUT2D eigenvalue weighted by atomic mass is 9.93. The van der Waals surface area contributed by atoms with Gasteiger partial charge in [-0.25, -0.2) is 0 Å². The molecule has 0 bridgehead atoms. The van der Waals surface area contributed by atoms with Crippen LogP contribution >= 0.6 is 0 Å². The Hall–Kier alpha value is -0.650. The minimum atomic E-state index is -0.0530. The van der Waals surface area contributed by atoms with Crippen molar-refractivity contribution in [3.05, 3.63) is 0 Å². The second kappa shape index (κ2) is 12.0. The lowest BCUT2D eigenvalue weighted by Crippen LogP contribution is -2.31. The number of carbonyl (C=O) groups excluding carboxylic acids is 1. The second-order valence-corrected chi connectivity index (χ2v) is 9.59. The van der Waals surface area contributed by atoms with Crippen molar-refractivity contribution in [1.82, 2.24) is 10.6 Å². The third kappa shape index (κ3) is 11.1. The maximum Gasteiger partial charge on any atom is 0.305 e. The standard InChI is InChI=1S/C12H23NO2.C10H21NO/c1-4-15-11(14)7-5-6-10-8-12(2,3)13-9-10;1-10(2)7-9(8-11-10)5-3-4-6-12/h10,13H,4-9H2,1-3H3;9,11-12H,3-8H2,1-2H3. The van der Waals surface area contributed by atoms with Crippen molar-refractivity contribution >= 4 is 5.97 Å². The van der Waals surface area contributed by atoms with Crippen LogP contribution in [0.1, 0.15) is 86.0 Å². The minimum Gasteiger partial charge on any atom is -0.466 e. The smallest absolute Gasteiger partial charge is 0.305 e. The Morgan fingerprint density at radius 3 is 1.89 bits per heavy atom. The number of rotatable bonds is 9. The maximum absolute atomic E-state index is 11.1. The number of hydrogen-bond donors (Lipinski definition) is 3. The second-order valence-electron chi connectivity index (χ2n) is 9.59. The van der Waals surface area contributed by atoms with Crippen molar-refractivity contribution < 1.29 is 14.6 Å². The van der Waals surface area contributed by atoms with Crippen LogP contribution in [-0.2, 0) is 9.53 Å². The van der Waals surface area contributed by atoms with Gasteiger partial charge < -0.3 is 20.5 Å². The zero-order valence-electron chi connectivity index (χ0n) is 18.4. The average molecular weight is 385 g/mol. The fourth-order valence-corrected chi connectivity index (χ4v) is 4.29. The quantitative estimate of drug-likeness (QED) is 0.418. The van der Waals surface area contributed by atoms with E-state index in [1.165, 1.54) is 32.2 Å². The molecule has 27 heavy (non-hydrogen) atoms. The van der Waals surface area contributed by atoms with Gasteiger partial charge in [-0.1, -0.05) is 6.42 Å². The Balaban J connectivity index is 0.000000277. The topological polar surface area (TPSA) is 70.6 Å². The van der Waals surface area contributed by atoms with E-state index in [1.807, 2.05) is 6.92 Å². The molecule has 2 atom stereocenters. The van der Waals surface area contributed by atoms with Crippen LogP contribution in [0.15, 0.2) is 0 Å². The highest BCUT2D eigenvalue weighted by molar-refractivity contribution is 5.69. The van der Waals surface area contributed by atoms with Crippen LogP contribution in [0.5, 0.6) is 0 Å². The van der Waals surface area contributed by atoms with Gasteiger partial charge in [-0.3, -0.25) is 4.79 Å². The van der Waals surface area contributed by atoms with Gasteiger partial charge in [0.25, 0.3) is 0 Å². The van der Waals surface area contributed by atoms with Crippen LogP contribution < -0.4 is 10.6 Å². The van der Waals surface area contributed by atoms with Crippen LogP contribution in [0.25, 0.3) is 0 Å². The Kier molecular flexibility index (Phi) is 10.9. The summed E-state index contributed by atoms with van der Waals surface area (Å²) in [7, 11) is 0. The van der Waals surface area contributed by atoms with Crippen molar-refractivity contribution in [2.75, 3.05) is 26.3 Å². The molecule has 0 amide bonds. The van der Waals surface area contributed by atoms with E-state index in [0.717, 1.165) is 37.6 Å². The molecular formula is C22H44N2O3. The molecule has 0 aromatic carbocycles. The van der Waals surface area contributed by atoms with Gasteiger partial charge in [0, 0.05) is 24.1 Å². The van der Waals surface area contributed by atoms with Gasteiger partial charge in [-0.2, -0.15) is 0 Å². The molecule has 0 aromatic heterocycles. The van der Waals surface area contributed by atoms with Gasteiger partial charge >= 0.3 is 5.97 Å². The maximum atomic E-state index is 11.1. The fraction of sp³-hybridized carbons (Fsp3) is 0.955. The summed E-state index contributed by atoms with van der Waals surface area (Å²) >= 11 is 0. The first kappa shape index (κ1) is 24.4. The summed E-state index contributed by atoms with van der Waals surface area (Å²) in [4.78, 5) is 11.1. The van der Waals surface area contributed by atoms with Crippen LogP contribution in [-0.4, -0.2) is 48.5 Å². The summed E-state index contributed by atoms with van der Waals surface area (Å²) in [5, 5.41) is 15.6. The summed E-state index contributed by atoms with van der Waals surface area (Å²) in [5.74, 6) is 1.52. The Morgan fingerprint density at radius 1 is 0.963 bits per heavy atom. The highest BCUT2D eigenvalue weighted by atomic mass is 16.5. The monoisotopic (exact) mass is 384 g/mol. The van der Waals surface area contributed by atoms with E-state index in [0.29, 0.717) is 25.2 Å². The Labute approximate surface area is 167 Å². The minimum absolute atomic E-state index is 0.0530. The number of unbranched alkanes of at least 4 members (excludes halogenated alkanes) is 1. The van der Waals surface area contributed by atoms with E-state index >= 15 is 0 Å². The van der Waals surface area contributed by atoms with Crippen molar-refractivity contribution in [3.63, 3.8) is 0 Å². The third-order valence-electron chi connectivity index (χ3n) is 5.66. The molecule has 3 N–H and O–H groups in total. The van der Waals surface area contributed by atoms with Gasteiger partial charge in [-0.15, -0.1) is 0 Å². The van der Waals surface area contributed by atoms with Crippen molar-refractivity contribution in [3.8, 4) is 0 Å². The first-order valence-corrected chi connectivity index (χ1v) is 10.9. The zero-order valence-corrected chi connectivity index (χ0v) is 18.4. The number of aliphatic hydroxyl groups is 1. The SMILES string of the molecule is CC1(C)CC(CCCCO)CN1.CCOC(=O)CCCC1CNC(C)(C)C1. The third-order valence-corrected chi connectivity index (χ3v) is 5.66. The molecule has 0 aromatic rings. The number of nitrogens with one attached hydrogen (secondary N) is 2. The van der Waals surface area contributed by atoms with E-state index in [4.69, 9.17) is 9.84 Å². The normalized spacial score (nSPS) is 25.7. The highest BCUT2D eigenvalue weighted by Crippen LogP contribution is 2.27. The average Bonchev–Trinajstić information content (AvgIpc) is 3.10. The van der Waals surface area contributed by atoms with E-state index in [1.54, 1.807) is 0 Å². The highest BCUT2D eigenvalue weighted by Gasteiger charge is 2.30. The van der Waals surface area contributed by atoms with Gasteiger partial charge in [0.2, 0.25) is 0 Å². The van der Waals surface area contributed by atoms with Gasteiger partial charge in [0.15, 0.2) is 0 Å². The van der Waals surface area contributed by atoms with E-state index in [9.17, 15) is 4.79 Å². The number of aliphatic hydroxyl groups excluding tert-OH is 1. The van der Waals surface area contributed by atoms with Crippen LogP contribution in [0.4, 0.5) is 0 Å². The molecule has 160 valence electrons. The first-order valence-electron chi connectivity index (χ1n) is 10.9. The van der Waals surface area contributed by atoms with Crippen molar-refractivity contribution in [1.29, 1.82) is 0 Å². The molecule has 2 aliphatic rings.